The molecule has 96 valence electrons. The van der Waals surface area contributed by atoms with E-state index in [9.17, 15) is 4.39 Å². The minimum Gasteiger partial charge on any atom is -0.376 e. The van der Waals surface area contributed by atoms with E-state index >= 15 is 0 Å². The molecule has 5 heteroatoms. The van der Waals surface area contributed by atoms with Gasteiger partial charge in [0.2, 0.25) is 0 Å². The lowest BCUT2D eigenvalue weighted by Crippen LogP contribution is -2.07. The SMILES string of the molecule is Cc1nn(C)cc1NC(C)c1ccc(F)cc1Cl. The molecule has 0 bridgehead atoms. The number of aromatic nitrogens is 2. The Labute approximate surface area is 111 Å². The zero-order chi connectivity index (χ0) is 13.3. The van der Waals surface area contributed by atoms with Crippen LogP contribution in [0.15, 0.2) is 24.4 Å². The third-order valence-corrected chi connectivity index (χ3v) is 3.14. The number of hydrogen-bond acceptors (Lipinski definition) is 2. The summed E-state index contributed by atoms with van der Waals surface area (Å²) >= 11 is 6.03. The Hall–Kier alpha value is -1.55. The maximum atomic E-state index is 13.0. The monoisotopic (exact) mass is 267 g/mol. The molecule has 0 aliphatic rings. The highest BCUT2D eigenvalue weighted by atomic mass is 35.5. The fraction of sp³-hybridized carbons (Fsp3) is 0.308. The lowest BCUT2D eigenvalue weighted by Gasteiger charge is -2.16. The number of benzene rings is 1. The van der Waals surface area contributed by atoms with Crippen LogP contribution in [0.4, 0.5) is 10.1 Å². The number of rotatable bonds is 3. The zero-order valence-corrected chi connectivity index (χ0v) is 11.3. The number of aryl methyl sites for hydroxylation is 2. The summed E-state index contributed by atoms with van der Waals surface area (Å²) in [6.07, 6.45) is 1.91. The average Bonchev–Trinajstić information content (AvgIpc) is 2.57. The zero-order valence-electron chi connectivity index (χ0n) is 10.5. The second-order valence-corrected chi connectivity index (χ2v) is 4.74. The fourth-order valence-electron chi connectivity index (χ4n) is 1.90. The topological polar surface area (TPSA) is 29.9 Å². The molecule has 1 aromatic heterocycles. The van der Waals surface area contributed by atoms with Gasteiger partial charge >= 0.3 is 0 Å². The van der Waals surface area contributed by atoms with E-state index in [0.29, 0.717) is 5.02 Å². The molecular weight excluding hydrogens is 253 g/mol. The second kappa shape index (κ2) is 4.98. The highest BCUT2D eigenvalue weighted by Crippen LogP contribution is 2.27. The Bertz CT molecular complexity index is 565. The van der Waals surface area contributed by atoms with Crippen LogP contribution in [0, 0.1) is 12.7 Å². The van der Waals surface area contributed by atoms with Crippen molar-refractivity contribution in [1.82, 2.24) is 9.78 Å². The molecule has 1 heterocycles. The number of nitrogens with zero attached hydrogens (tertiary/aromatic N) is 2. The third kappa shape index (κ3) is 2.64. The third-order valence-electron chi connectivity index (χ3n) is 2.81. The van der Waals surface area contributed by atoms with Crippen molar-refractivity contribution in [2.45, 2.75) is 19.9 Å². The Morgan fingerprint density at radius 2 is 2.17 bits per heavy atom. The molecule has 3 nitrogen and oxygen atoms in total. The van der Waals surface area contributed by atoms with Gasteiger partial charge in [-0.25, -0.2) is 4.39 Å². The van der Waals surface area contributed by atoms with Crippen molar-refractivity contribution >= 4 is 17.3 Å². The number of halogens is 2. The molecule has 0 aliphatic carbocycles. The van der Waals surface area contributed by atoms with Crippen LogP contribution >= 0.6 is 11.6 Å². The average molecular weight is 268 g/mol. The number of hydrogen-bond donors (Lipinski definition) is 1. The maximum absolute atomic E-state index is 13.0. The smallest absolute Gasteiger partial charge is 0.124 e. The molecule has 0 saturated heterocycles. The van der Waals surface area contributed by atoms with Gasteiger partial charge in [-0.1, -0.05) is 17.7 Å². The summed E-state index contributed by atoms with van der Waals surface area (Å²) in [4.78, 5) is 0. The predicted octanol–water partition coefficient (Wildman–Crippen LogP) is 3.69. The summed E-state index contributed by atoms with van der Waals surface area (Å²) in [7, 11) is 1.87. The van der Waals surface area contributed by atoms with Gasteiger partial charge in [0.1, 0.15) is 5.82 Å². The first-order valence-electron chi connectivity index (χ1n) is 5.69. The quantitative estimate of drug-likeness (QED) is 0.919. The van der Waals surface area contributed by atoms with E-state index in [1.807, 2.05) is 27.1 Å². The van der Waals surface area contributed by atoms with E-state index in [4.69, 9.17) is 11.6 Å². The highest BCUT2D eigenvalue weighted by molar-refractivity contribution is 6.31. The van der Waals surface area contributed by atoms with Crippen LogP contribution in [0.25, 0.3) is 0 Å². The largest absolute Gasteiger partial charge is 0.376 e. The van der Waals surface area contributed by atoms with Crippen LogP contribution < -0.4 is 5.32 Å². The lowest BCUT2D eigenvalue weighted by atomic mass is 10.1. The van der Waals surface area contributed by atoms with E-state index in [1.54, 1.807) is 10.7 Å². The van der Waals surface area contributed by atoms with Gasteiger partial charge < -0.3 is 5.32 Å². The first-order valence-corrected chi connectivity index (χ1v) is 6.07. The van der Waals surface area contributed by atoms with Crippen LogP contribution in [0.1, 0.15) is 24.2 Å². The summed E-state index contributed by atoms with van der Waals surface area (Å²) in [5.41, 5.74) is 2.73. The Morgan fingerprint density at radius 1 is 1.44 bits per heavy atom. The van der Waals surface area contributed by atoms with Gasteiger partial charge in [-0.05, 0) is 31.5 Å². The van der Waals surface area contributed by atoms with Crippen molar-refractivity contribution in [3.8, 4) is 0 Å². The predicted molar refractivity (Wildman–Crippen MR) is 71.4 cm³/mol. The number of nitrogens with one attached hydrogen (secondary N) is 1. The van der Waals surface area contributed by atoms with Crippen molar-refractivity contribution in [3.05, 3.63) is 46.5 Å². The van der Waals surface area contributed by atoms with Gasteiger partial charge in [-0.3, -0.25) is 4.68 Å². The van der Waals surface area contributed by atoms with Crippen LogP contribution in [0.5, 0.6) is 0 Å². The van der Waals surface area contributed by atoms with Crippen molar-refractivity contribution in [1.29, 1.82) is 0 Å². The normalized spacial score (nSPS) is 12.5. The first-order chi connectivity index (χ1) is 8.47. The molecule has 0 saturated carbocycles. The summed E-state index contributed by atoms with van der Waals surface area (Å²) in [5.74, 6) is -0.325. The lowest BCUT2D eigenvalue weighted by molar-refractivity contribution is 0.626. The van der Waals surface area contributed by atoms with Crippen molar-refractivity contribution in [3.63, 3.8) is 0 Å². The number of anilines is 1. The first kappa shape index (κ1) is 12.9. The maximum Gasteiger partial charge on any atom is 0.124 e. The van der Waals surface area contributed by atoms with E-state index in [2.05, 4.69) is 10.4 Å². The minimum atomic E-state index is -0.325. The van der Waals surface area contributed by atoms with Crippen LogP contribution in [0.3, 0.4) is 0 Å². The summed E-state index contributed by atoms with van der Waals surface area (Å²) in [6.45, 7) is 3.91. The van der Waals surface area contributed by atoms with Crippen LogP contribution in [-0.4, -0.2) is 9.78 Å². The Kier molecular flexibility index (Phi) is 3.57. The van der Waals surface area contributed by atoms with E-state index in [-0.39, 0.29) is 11.9 Å². The summed E-state index contributed by atoms with van der Waals surface area (Å²) < 4.78 is 14.7. The molecule has 2 aromatic rings. The van der Waals surface area contributed by atoms with Crippen LogP contribution in [-0.2, 0) is 7.05 Å². The fourth-order valence-corrected chi connectivity index (χ4v) is 2.24. The van der Waals surface area contributed by atoms with Crippen molar-refractivity contribution in [2.24, 2.45) is 7.05 Å². The Balaban J connectivity index is 2.21. The van der Waals surface area contributed by atoms with Crippen LogP contribution in [0.2, 0.25) is 5.02 Å². The van der Waals surface area contributed by atoms with Gasteiger partial charge in [-0.15, -0.1) is 0 Å². The molecule has 1 unspecified atom stereocenters. The summed E-state index contributed by atoms with van der Waals surface area (Å²) in [5, 5.41) is 8.00. The van der Waals surface area contributed by atoms with Gasteiger partial charge in [-0.2, -0.15) is 5.10 Å². The molecule has 0 fully saturated rings. The molecule has 1 aromatic carbocycles. The van der Waals surface area contributed by atoms with E-state index in [0.717, 1.165) is 16.9 Å². The molecule has 0 amide bonds. The highest BCUT2D eigenvalue weighted by Gasteiger charge is 2.12. The molecule has 1 N–H and O–H groups in total. The molecule has 0 spiro atoms. The summed E-state index contributed by atoms with van der Waals surface area (Å²) in [6, 6.07) is 4.42. The molecule has 1 atom stereocenters. The van der Waals surface area contributed by atoms with Gasteiger partial charge in [0.15, 0.2) is 0 Å². The van der Waals surface area contributed by atoms with Gasteiger partial charge in [0.05, 0.1) is 17.4 Å². The standard InChI is InChI=1S/C13H15ClFN3/c1-8(11-5-4-10(15)6-12(11)14)16-13-7-18(3)17-9(13)2/h4-8,16H,1-3H3. The molecule has 0 radical (unpaired) electrons. The molecule has 0 aliphatic heterocycles. The van der Waals surface area contributed by atoms with Gasteiger partial charge in [0.25, 0.3) is 0 Å². The van der Waals surface area contributed by atoms with E-state index in [1.165, 1.54) is 12.1 Å². The Morgan fingerprint density at radius 3 is 2.72 bits per heavy atom. The van der Waals surface area contributed by atoms with Gasteiger partial charge in [0, 0.05) is 18.3 Å². The molecule has 2 rings (SSSR count). The van der Waals surface area contributed by atoms with Crippen molar-refractivity contribution in [2.75, 3.05) is 5.32 Å². The van der Waals surface area contributed by atoms with E-state index < -0.39 is 0 Å². The van der Waals surface area contributed by atoms with Crippen molar-refractivity contribution < 1.29 is 4.39 Å². The minimum absolute atomic E-state index is 0.0130. The molecule has 18 heavy (non-hydrogen) atoms. The molecular formula is C13H15ClFN3. The second-order valence-electron chi connectivity index (χ2n) is 4.33.